The Bertz CT molecular complexity index is 809. The van der Waals surface area contributed by atoms with Gasteiger partial charge in [-0.05, 0) is 63.3 Å². The highest BCUT2D eigenvalue weighted by Crippen LogP contribution is 2.19. The second-order valence-electron chi connectivity index (χ2n) is 7.79. The van der Waals surface area contributed by atoms with Crippen LogP contribution in [0, 0.1) is 25.6 Å². The largest absolute Gasteiger partial charge is 0.341 e. The Kier molecular flexibility index (Phi) is 6.73. The first-order chi connectivity index (χ1) is 13.4. The fourth-order valence-corrected chi connectivity index (χ4v) is 3.91. The summed E-state index contributed by atoms with van der Waals surface area (Å²) < 4.78 is 13.0. The van der Waals surface area contributed by atoms with Gasteiger partial charge in [0.1, 0.15) is 11.6 Å². The molecule has 5 nitrogen and oxygen atoms in total. The van der Waals surface area contributed by atoms with E-state index in [9.17, 15) is 9.18 Å². The molecule has 0 unspecified atom stereocenters. The van der Waals surface area contributed by atoms with Gasteiger partial charge in [0.2, 0.25) is 0 Å². The summed E-state index contributed by atoms with van der Waals surface area (Å²) in [5.41, 5.74) is 2.47. The van der Waals surface area contributed by atoms with Gasteiger partial charge in [-0.1, -0.05) is 12.1 Å². The van der Waals surface area contributed by atoms with E-state index >= 15 is 0 Å². The van der Waals surface area contributed by atoms with Gasteiger partial charge in [0.15, 0.2) is 0 Å². The molecule has 2 aromatic rings. The minimum atomic E-state index is -0.191. The number of halogens is 1. The van der Waals surface area contributed by atoms with Crippen molar-refractivity contribution in [2.24, 2.45) is 5.92 Å². The number of aromatic nitrogens is 2. The van der Waals surface area contributed by atoms with Gasteiger partial charge in [-0.15, -0.1) is 0 Å². The molecule has 150 valence electrons. The first-order valence-electron chi connectivity index (χ1n) is 9.95. The van der Waals surface area contributed by atoms with E-state index in [1.165, 1.54) is 12.1 Å². The van der Waals surface area contributed by atoms with Crippen molar-refractivity contribution in [3.63, 3.8) is 0 Å². The summed E-state index contributed by atoms with van der Waals surface area (Å²) in [6.07, 6.45) is 4.82. The minimum Gasteiger partial charge on any atom is -0.341 e. The lowest BCUT2D eigenvalue weighted by Crippen LogP contribution is -2.42. The number of hydrogen-bond acceptors (Lipinski definition) is 4. The van der Waals surface area contributed by atoms with Gasteiger partial charge in [-0.2, -0.15) is 0 Å². The molecule has 1 aromatic carbocycles. The molecule has 0 spiro atoms. The number of carbonyl (C=O) groups excluding carboxylic acids is 1. The van der Waals surface area contributed by atoms with Crippen molar-refractivity contribution in [2.75, 3.05) is 33.2 Å². The van der Waals surface area contributed by atoms with Crippen LogP contribution in [-0.2, 0) is 6.42 Å². The summed E-state index contributed by atoms with van der Waals surface area (Å²) in [5, 5.41) is 0. The molecular formula is C22H29FN4O. The molecule has 1 saturated heterocycles. The molecule has 1 atom stereocenters. The number of hydrogen-bond donors (Lipinski definition) is 0. The lowest BCUT2D eigenvalue weighted by Gasteiger charge is -2.34. The normalized spacial score (nSPS) is 17.5. The Labute approximate surface area is 166 Å². The SMILES string of the molecule is Cc1ncc(C(=O)N(C)C[C@@H]2CCCN(CCc3ccc(F)cc3)C2)c(C)n1. The first-order valence-corrected chi connectivity index (χ1v) is 9.95. The molecule has 0 radical (unpaired) electrons. The van der Waals surface area contributed by atoms with Crippen molar-refractivity contribution in [1.82, 2.24) is 19.8 Å². The highest BCUT2D eigenvalue weighted by atomic mass is 19.1. The summed E-state index contributed by atoms with van der Waals surface area (Å²) in [7, 11) is 1.86. The maximum absolute atomic E-state index is 13.0. The Balaban J connectivity index is 1.52. The van der Waals surface area contributed by atoms with Gasteiger partial charge >= 0.3 is 0 Å². The highest BCUT2D eigenvalue weighted by Gasteiger charge is 2.24. The van der Waals surface area contributed by atoms with Crippen molar-refractivity contribution in [3.8, 4) is 0 Å². The number of amides is 1. The van der Waals surface area contributed by atoms with Crippen LogP contribution in [0.25, 0.3) is 0 Å². The van der Waals surface area contributed by atoms with E-state index in [-0.39, 0.29) is 11.7 Å². The van der Waals surface area contributed by atoms with Gasteiger partial charge in [-0.25, -0.2) is 14.4 Å². The van der Waals surface area contributed by atoms with Gasteiger partial charge < -0.3 is 9.80 Å². The number of nitrogens with zero attached hydrogens (tertiary/aromatic N) is 4. The molecule has 1 amide bonds. The van der Waals surface area contributed by atoms with Gasteiger partial charge in [0.05, 0.1) is 11.3 Å². The van der Waals surface area contributed by atoms with Crippen LogP contribution >= 0.6 is 0 Å². The van der Waals surface area contributed by atoms with Crippen LogP contribution in [0.1, 0.15) is 40.3 Å². The van der Waals surface area contributed by atoms with Crippen LogP contribution in [-0.4, -0.2) is 58.9 Å². The Morgan fingerprint density at radius 1 is 1.29 bits per heavy atom. The third-order valence-electron chi connectivity index (χ3n) is 5.44. The molecule has 1 fully saturated rings. The maximum atomic E-state index is 13.0. The average molecular weight is 384 g/mol. The van der Waals surface area contributed by atoms with Crippen molar-refractivity contribution in [1.29, 1.82) is 0 Å². The zero-order valence-corrected chi connectivity index (χ0v) is 17.0. The van der Waals surface area contributed by atoms with Crippen LogP contribution in [0.2, 0.25) is 0 Å². The predicted octanol–water partition coefficient (Wildman–Crippen LogP) is 3.26. The predicted molar refractivity (Wildman–Crippen MR) is 108 cm³/mol. The molecule has 0 bridgehead atoms. The molecule has 1 aromatic heterocycles. The molecule has 6 heteroatoms. The van der Waals surface area contributed by atoms with Crippen LogP contribution in [0.5, 0.6) is 0 Å². The van der Waals surface area contributed by atoms with Crippen molar-refractivity contribution in [2.45, 2.75) is 33.1 Å². The molecule has 1 aliphatic rings. The Hall–Kier alpha value is -2.34. The molecule has 0 saturated carbocycles. The number of likely N-dealkylation sites (tertiary alicyclic amines) is 1. The van der Waals surface area contributed by atoms with Crippen LogP contribution in [0.4, 0.5) is 4.39 Å². The van der Waals surface area contributed by atoms with Gasteiger partial charge in [0, 0.05) is 32.9 Å². The smallest absolute Gasteiger partial charge is 0.257 e. The van der Waals surface area contributed by atoms with Crippen molar-refractivity contribution in [3.05, 3.63) is 58.9 Å². The monoisotopic (exact) mass is 384 g/mol. The number of rotatable bonds is 6. The number of benzene rings is 1. The second-order valence-corrected chi connectivity index (χ2v) is 7.79. The summed E-state index contributed by atoms with van der Waals surface area (Å²) in [4.78, 5) is 25.5. The maximum Gasteiger partial charge on any atom is 0.257 e. The summed E-state index contributed by atoms with van der Waals surface area (Å²) in [6, 6.07) is 6.75. The molecule has 1 aliphatic heterocycles. The Morgan fingerprint density at radius 2 is 2.04 bits per heavy atom. The van der Waals surface area contributed by atoms with Gasteiger partial charge in [-0.3, -0.25) is 4.79 Å². The summed E-state index contributed by atoms with van der Waals surface area (Å²) in [6.45, 7) is 7.45. The minimum absolute atomic E-state index is 0.0130. The van der Waals surface area contributed by atoms with Crippen LogP contribution in [0.15, 0.2) is 30.5 Å². The van der Waals surface area contributed by atoms with E-state index in [2.05, 4.69) is 14.9 Å². The average Bonchev–Trinajstić information content (AvgIpc) is 2.67. The van der Waals surface area contributed by atoms with Crippen LogP contribution in [0.3, 0.4) is 0 Å². The van der Waals surface area contributed by atoms with Gasteiger partial charge in [0.25, 0.3) is 5.91 Å². The molecule has 0 N–H and O–H groups in total. The second kappa shape index (κ2) is 9.24. The third kappa shape index (κ3) is 5.35. The Morgan fingerprint density at radius 3 is 2.75 bits per heavy atom. The first kappa shape index (κ1) is 20.4. The number of piperidine rings is 1. The molecular weight excluding hydrogens is 355 g/mol. The number of carbonyl (C=O) groups is 1. The molecule has 0 aliphatic carbocycles. The highest BCUT2D eigenvalue weighted by molar-refractivity contribution is 5.94. The number of aryl methyl sites for hydroxylation is 2. The van der Waals surface area contributed by atoms with E-state index < -0.39 is 0 Å². The quantitative estimate of drug-likeness (QED) is 0.767. The fourth-order valence-electron chi connectivity index (χ4n) is 3.91. The third-order valence-corrected chi connectivity index (χ3v) is 5.44. The molecule has 3 rings (SSSR count). The standard InChI is InChI=1S/C22H29FN4O/c1-16-21(13-24-17(2)25-16)22(28)26(3)14-19-5-4-11-27(15-19)12-10-18-6-8-20(23)9-7-18/h6-9,13,19H,4-5,10-12,14-15H2,1-3H3/t19-/m0/s1. The van der Waals surface area contributed by atoms with Crippen LogP contribution < -0.4 is 0 Å². The zero-order valence-electron chi connectivity index (χ0n) is 17.0. The van der Waals surface area contributed by atoms with E-state index in [1.54, 1.807) is 11.1 Å². The fraction of sp³-hybridized carbons (Fsp3) is 0.500. The van der Waals surface area contributed by atoms with E-state index in [1.807, 2.05) is 33.0 Å². The summed E-state index contributed by atoms with van der Waals surface area (Å²) in [5.74, 6) is 0.938. The summed E-state index contributed by atoms with van der Waals surface area (Å²) >= 11 is 0. The molecule has 28 heavy (non-hydrogen) atoms. The van der Waals surface area contributed by atoms with E-state index in [4.69, 9.17) is 0 Å². The lowest BCUT2D eigenvalue weighted by molar-refractivity contribution is 0.0728. The van der Waals surface area contributed by atoms with Crippen molar-refractivity contribution < 1.29 is 9.18 Å². The topological polar surface area (TPSA) is 49.3 Å². The molecule has 2 heterocycles. The van der Waals surface area contributed by atoms with E-state index in [0.717, 1.165) is 56.7 Å². The zero-order chi connectivity index (χ0) is 20.1. The van der Waals surface area contributed by atoms with Crippen molar-refractivity contribution >= 4 is 5.91 Å². The lowest BCUT2D eigenvalue weighted by atomic mass is 9.96. The van der Waals surface area contributed by atoms with E-state index in [0.29, 0.717) is 17.3 Å².